The van der Waals surface area contributed by atoms with Gasteiger partial charge in [-0.15, -0.1) is 0 Å². The van der Waals surface area contributed by atoms with Crippen molar-refractivity contribution in [1.29, 1.82) is 0 Å². The van der Waals surface area contributed by atoms with E-state index in [2.05, 4.69) is 27.7 Å². The van der Waals surface area contributed by atoms with Crippen molar-refractivity contribution in [3.63, 3.8) is 0 Å². The average molecular weight is 648 g/mol. The van der Waals surface area contributed by atoms with E-state index in [1.807, 2.05) is 0 Å². The van der Waals surface area contributed by atoms with Gasteiger partial charge in [0.15, 0.2) is 6.10 Å². The summed E-state index contributed by atoms with van der Waals surface area (Å²) in [4.78, 5) is 23.2. The maximum absolute atomic E-state index is 11.6. The molecule has 1 unspecified atom stereocenters. The van der Waals surface area contributed by atoms with Crippen molar-refractivity contribution in [3.8, 4) is 0 Å². The monoisotopic (exact) mass is 648 g/mol. The second kappa shape index (κ2) is 34.7. The van der Waals surface area contributed by atoms with Gasteiger partial charge in [0, 0.05) is 0 Å². The van der Waals surface area contributed by atoms with Crippen molar-refractivity contribution in [3.05, 3.63) is 0 Å². The molecule has 0 aromatic heterocycles. The number of hydrogen-bond donors (Lipinski definition) is 1. The summed E-state index contributed by atoms with van der Waals surface area (Å²) in [6.45, 7) is 9.59. The van der Waals surface area contributed by atoms with Crippen LogP contribution < -0.4 is 0 Å². The number of ether oxygens (including phenoxy) is 2. The number of hydrogen-bond acceptors (Lipinski definition) is 5. The molecule has 5 nitrogen and oxygen atoms in total. The van der Waals surface area contributed by atoms with Crippen LogP contribution in [0.2, 0.25) is 8.87 Å². The molecule has 0 aliphatic heterocycles. The van der Waals surface area contributed by atoms with Crippen molar-refractivity contribution < 1.29 is 24.2 Å². The van der Waals surface area contributed by atoms with Crippen LogP contribution in [0.15, 0.2) is 0 Å². The van der Waals surface area contributed by atoms with Crippen molar-refractivity contribution in [2.45, 2.75) is 178 Å². The molecule has 226 valence electrons. The van der Waals surface area contributed by atoms with E-state index in [0.717, 1.165) is 38.5 Å². The first kappa shape index (κ1) is 39.8. The number of aliphatic hydroxyl groups is 1. The third kappa shape index (κ3) is 33.7. The molecular weight excluding hydrogens is 583 g/mol. The Morgan fingerprint density at radius 2 is 0.921 bits per heavy atom. The number of esters is 2. The third-order valence-electron chi connectivity index (χ3n) is 6.55. The van der Waals surface area contributed by atoms with Gasteiger partial charge in [0.05, 0.1) is 19.6 Å². The molecule has 6 heteroatoms. The third-order valence-corrected chi connectivity index (χ3v) is 10.6. The molecule has 1 atom stereocenters. The normalized spacial score (nSPS) is 11.5. The number of unbranched alkanes of at least 4 members (excludes halogenated alkanes) is 16. The standard InChI is InChI=1S/C20H38O5.2C6H13.Sn/c1-3-5-7-9-11-13-15-24-19(22)17-18(21)20(23)25-16-14-12-10-8-6-4-2;2*1-3-5-6-4-2;/h18,21H,3-17H2,1-2H3;2*1,3-6H2,2H3;. The number of rotatable bonds is 27. The second-order valence-corrected chi connectivity index (χ2v) is 14.8. The Kier molecular flexibility index (Phi) is 36.4. The molecule has 0 aromatic rings. The summed E-state index contributed by atoms with van der Waals surface area (Å²) >= 11 is 0.104. The van der Waals surface area contributed by atoms with Crippen LogP contribution in [0.25, 0.3) is 0 Å². The summed E-state index contributed by atoms with van der Waals surface area (Å²) in [5.74, 6) is -1.28. The Morgan fingerprint density at radius 3 is 1.37 bits per heavy atom. The molecule has 0 aromatic carbocycles. The van der Waals surface area contributed by atoms with Crippen LogP contribution in [0.4, 0.5) is 0 Å². The minimum absolute atomic E-state index is 0.104. The summed E-state index contributed by atoms with van der Waals surface area (Å²) in [7, 11) is 0. The van der Waals surface area contributed by atoms with Gasteiger partial charge >= 0.3 is 107 Å². The Balaban J connectivity index is 0. The Bertz CT molecular complexity index is 476. The molecule has 1 N–H and O–H groups in total. The van der Waals surface area contributed by atoms with Crippen LogP contribution in [0.5, 0.6) is 0 Å². The quantitative estimate of drug-likeness (QED) is 0.0547. The summed E-state index contributed by atoms with van der Waals surface area (Å²) < 4.78 is 13.3. The first-order chi connectivity index (χ1) is 18.5. The fraction of sp³-hybridized carbons (Fsp3) is 0.938. The molecule has 0 rings (SSSR count). The van der Waals surface area contributed by atoms with Gasteiger partial charge in [0.2, 0.25) is 0 Å². The van der Waals surface area contributed by atoms with Crippen molar-refractivity contribution in [1.82, 2.24) is 0 Å². The molecular formula is C32H64O5Sn. The van der Waals surface area contributed by atoms with Gasteiger partial charge in [-0.2, -0.15) is 0 Å². The van der Waals surface area contributed by atoms with Gasteiger partial charge in [-0.3, -0.25) is 4.79 Å². The van der Waals surface area contributed by atoms with Gasteiger partial charge in [0.25, 0.3) is 0 Å². The first-order valence-electron chi connectivity index (χ1n) is 16.2. The summed E-state index contributed by atoms with van der Waals surface area (Å²) in [6.07, 6.45) is 23.4. The molecule has 0 saturated carbocycles. The van der Waals surface area contributed by atoms with E-state index in [-0.39, 0.29) is 27.6 Å². The van der Waals surface area contributed by atoms with E-state index >= 15 is 0 Å². The van der Waals surface area contributed by atoms with E-state index in [1.165, 1.54) is 77.0 Å². The van der Waals surface area contributed by atoms with Crippen LogP contribution >= 0.6 is 0 Å². The molecule has 0 aliphatic rings. The molecule has 2 radical (unpaired) electrons. The molecule has 0 aliphatic carbocycles. The van der Waals surface area contributed by atoms with E-state index in [9.17, 15) is 14.7 Å². The molecule has 0 heterocycles. The van der Waals surface area contributed by atoms with Crippen LogP contribution in [-0.2, 0) is 19.1 Å². The van der Waals surface area contributed by atoms with Gasteiger partial charge in [-0.25, -0.2) is 4.79 Å². The Hall–Kier alpha value is -0.301. The van der Waals surface area contributed by atoms with Gasteiger partial charge in [0.1, 0.15) is 0 Å². The second-order valence-electron chi connectivity index (χ2n) is 10.5. The van der Waals surface area contributed by atoms with Crippen LogP contribution in [0, 0.1) is 0 Å². The zero-order chi connectivity index (χ0) is 28.5. The molecule has 38 heavy (non-hydrogen) atoms. The fourth-order valence-corrected chi connectivity index (χ4v) is 7.57. The number of aliphatic hydroxyl groups excluding tert-OH is 1. The zero-order valence-corrected chi connectivity index (χ0v) is 28.7. The average Bonchev–Trinajstić information content (AvgIpc) is 2.91. The zero-order valence-electron chi connectivity index (χ0n) is 25.8. The SMILES string of the molecule is CCCCCCCCOC(=O)CC(O)C(=O)OCCCCCCCC.CCCCC[CH2][Sn][CH2]CCCCC. The number of carbonyl (C=O) groups excluding carboxylic acids is 2. The van der Waals surface area contributed by atoms with Crippen LogP contribution in [-0.4, -0.2) is 57.5 Å². The topological polar surface area (TPSA) is 72.8 Å². The minimum atomic E-state index is -1.42. The molecule has 0 fully saturated rings. The first-order valence-corrected chi connectivity index (χ1v) is 20.3. The summed E-state index contributed by atoms with van der Waals surface area (Å²) in [5.41, 5.74) is 0. The maximum atomic E-state index is 11.6. The van der Waals surface area contributed by atoms with E-state index in [4.69, 9.17) is 9.47 Å². The van der Waals surface area contributed by atoms with Crippen molar-refractivity contribution in [2.75, 3.05) is 13.2 Å². The van der Waals surface area contributed by atoms with Crippen molar-refractivity contribution >= 4 is 33.1 Å². The van der Waals surface area contributed by atoms with E-state index < -0.39 is 18.0 Å². The van der Waals surface area contributed by atoms with Gasteiger partial charge in [-0.1, -0.05) is 78.1 Å². The molecule has 0 amide bonds. The van der Waals surface area contributed by atoms with Crippen molar-refractivity contribution in [2.24, 2.45) is 0 Å². The molecule has 0 bridgehead atoms. The molecule has 0 saturated heterocycles. The van der Waals surface area contributed by atoms with Gasteiger partial charge < -0.3 is 14.6 Å². The van der Waals surface area contributed by atoms with E-state index in [0.29, 0.717) is 13.2 Å². The summed E-state index contributed by atoms with van der Waals surface area (Å²) in [6, 6.07) is 0. The predicted molar refractivity (Wildman–Crippen MR) is 163 cm³/mol. The fourth-order valence-electron chi connectivity index (χ4n) is 4.00. The molecule has 0 spiro atoms. The van der Waals surface area contributed by atoms with E-state index in [1.54, 1.807) is 21.7 Å². The predicted octanol–water partition coefficient (Wildman–Crippen LogP) is 9.23. The Labute approximate surface area is 247 Å². The number of carbonyl (C=O) groups is 2. The van der Waals surface area contributed by atoms with Crippen LogP contribution in [0.3, 0.4) is 0 Å². The summed E-state index contributed by atoms with van der Waals surface area (Å²) in [5, 5.41) is 9.69. The van der Waals surface area contributed by atoms with Crippen LogP contribution in [0.1, 0.15) is 163 Å². The Morgan fingerprint density at radius 1 is 0.553 bits per heavy atom. The van der Waals surface area contributed by atoms with Gasteiger partial charge in [-0.05, 0) is 12.8 Å².